The minimum absolute atomic E-state index is 0.0751. The lowest BCUT2D eigenvalue weighted by molar-refractivity contribution is 0.0989. The summed E-state index contributed by atoms with van der Waals surface area (Å²) < 4.78 is 21.4. The summed E-state index contributed by atoms with van der Waals surface area (Å²) in [7, 11) is 1.45. The van der Waals surface area contributed by atoms with Crippen LogP contribution in [0.1, 0.15) is 27.9 Å². The van der Waals surface area contributed by atoms with E-state index in [0.29, 0.717) is 5.56 Å². The molecule has 0 aliphatic rings. The van der Waals surface area contributed by atoms with Crippen LogP contribution in [-0.2, 0) is 9.05 Å². The number of carbonyl (C=O) groups excluding carboxylic acids is 1. The van der Waals surface area contributed by atoms with Crippen molar-refractivity contribution in [3.05, 3.63) is 34.9 Å². The van der Waals surface area contributed by atoms with E-state index in [1.165, 1.54) is 0 Å². The quantitative estimate of drug-likeness (QED) is 0.617. The van der Waals surface area contributed by atoms with Gasteiger partial charge in [0.25, 0.3) is 0 Å². The molecular formula is C11H13ClO3S. The number of aryl methyl sites for hydroxylation is 2. The zero-order valence-corrected chi connectivity index (χ0v) is 10.7. The Balaban J connectivity index is 2.78. The van der Waals surface area contributed by atoms with Gasteiger partial charge in [-0.05, 0) is 31.0 Å². The largest absolute Gasteiger partial charge is 0.294 e. The van der Waals surface area contributed by atoms with Gasteiger partial charge in [-0.15, -0.1) is 0 Å². The molecule has 0 radical (unpaired) electrons. The van der Waals surface area contributed by atoms with Crippen LogP contribution >= 0.6 is 10.7 Å². The summed E-state index contributed by atoms with van der Waals surface area (Å²) in [5.74, 6) is -0.521. The molecule has 0 bridgehead atoms. The Morgan fingerprint density at radius 3 is 2.38 bits per heavy atom. The monoisotopic (exact) mass is 260 g/mol. The molecule has 0 saturated carbocycles. The Hall–Kier alpha value is -0.870. The van der Waals surface area contributed by atoms with Crippen LogP contribution < -0.4 is 0 Å². The van der Waals surface area contributed by atoms with Crippen LogP contribution in [0.4, 0.5) is 0 Å². The standard InChI is InChI=1S/C11H13ClO3S/c1-8-3-4-10(7-9(8)2)11(13)5-6-16(12,14)15/h3-4,7H,5-6H2,1-2H3. The molecule has 0 unspecified atom stereocenters. The number of hydrogen-bond acceptors (Lipinski definition) is 3. The lowest BCUT2D eigenvalue weighted by Gasteiger charge is -2.03. The van der Waals surface area contributed by atoms with Crippen LogP contribution in [-0.4, -0.2) is 20.0 Å². The van der Waals surface area contributed by atoms with Crippen LogP contribution in [0.3, 0.4) is 0 Å². The highest BCUT2D eigenvalue weighted by atomic mass is 35.7. The highest BCUT2D eigenvalue weighted by Crippen LogP contribution is 2.12. The second-order valence-electron chi connectivity index (χ2n) is 3.72. The molecule has 0 N–H and O–H groups in total. The zero-order chi connectivity index (χ0) is 12.3. The van der Waals surface area contributed by atoms with Crippen LogP contribution in [0.5, 0.6) is 0 Å². The maximum atomic E-state index is 11.6. The van der Waals surface area contributed by atoms with E-state index in [0.717, 1.165) is 11.1 Å². The van der Waals surface area contributed by atoms with Crippen molar-refractivity contribution in [2.24, 2.45) is 0 Å². The predicted molar refractivity (Wildman–Crippen MR) is 64.5 cm³/mol. The number of hydrogen-bond donors (Lipinski definition) is 0. The third-order valence-electron chi connectivity index (χ3n) is 2.40. The number of carbonyl (C=O) groups is 1. The van der Waals surface area contributed by atoms with Gasteiger partial charge in [0.1, 0.15) is 0 Å². The summed E-state index contributed by atoms with van der Waals surface area (Å²) in [4.78, 5) is 11.6. The maximum Gasteiger partial charge on any atom is 0.233 e. The fourth-order valence-electron chi connectivity index (χ4n) is 1.27. The summed E-state index contributed by atoms with van der Waals surface area (Å²) in [6.45, 7) is 3.86. The molecule has 0 aliphatic heterocycles. The van der Waals surface area contributed by atoms with Gasteiger partial charge in [-0.3, -0.25) is 4.79 Å². The van der Waals surface area contributed by atoms with Gasteiger partial charge in [-0.2, -0.15) is 0 Å². The number of rotatable bonds is 4. The van der Waals surface area contributed by atoms with Crippen molar-refractivity contribution in [1.29, 1.82) is 0 Å². The van der Waals surface area contributed by atoms with Gasteiger partial charge in [-0.1, -0.05) is 12.1 Å². The van der Waals surface area contributed by atoms with Crippen LogP contribution in [0.15, 0.2) is 18.2 Å². The molecule has 16 heavy (non-hydrogen) atoms. The summed E-state index contributed by atoms with van der Waals surface area (Å²) in [6.07, 6.45) is -0.0751. The first-order chi connectivity index (χ1) is 7.29. The first-order valence-electron chi connectivity index (χ1n) is 4.82. The SMILES string of the molecule is Cc1ccc(C(=O)CCS(=O)(=O)Cl)cc1C. The number of benzene rings is 1. The lowest BCUT2D eigenvalue weighted by atomic mass is 10.0. The Morgan fingerprint density at radius 1 is 1.25 bits per heavy atom. The lowest BCUT2D eigenvalue weighted by Crippen LogP contribution is -2.07. The van der Waals surface area contributed by atoms with E-state index in [1.807, 2.05) is 19.9 Å². The van der Waals surface area contributed by atoms with Gasteiger partial charge in [0.05, 0.1) is 5.75 Å². The molecule has 0 aliphatic carbocycles. The van der Waals surface area contributed by atoms with Crippen LogP contribution in [0.2, 0.25) is 0 Å². The molecule has 1 rings (SSSR count). The zero-order valence-electron chi connectivity index (χ0n) is 9.16. The Labute approximate surface area is 99.9 Å². The molecule has 0 fully saturated rings. The van der Waals surface area contributed by atoms with E-state index in [-0.39, 0.29) is 18.0 Å². The van der Waals surface area contributed by atoms with E-state index in [4.69, 9.17) is 10.7 Å². The van der Waals surface area contributed by atoms with E-state index >= 15 is 0 Å². The second-order valence-corrected chi connectivity index (χ2v) is 6.61. The molecule has 3 nitrogen and oxygen atoms in total. The number of Topliss-reactive ketones (excluding diaryl/α,β-unsaturated/α-hetero) is 1. The normalized spacial score (nSPS) is 11.4. The van der Waals surface area contributed by atoms with Crippen molar-refractivity contribution in [3.8, 4) is 0 Å². The Morgan fingerprint density at radius 2 is 1.88 bits per heavy atom. The second kappa shape index (κ2) is 4.97. The van der Waals surface area contributed by atoms with Gasteiger partial charge in [0, 0.05) is 22.7 Å². The summed E-state index contributed by atoms with van der Waals surface area (Å²) in [5.41, 5.74) is 2.64. The molecule has 0 aromatic heterocycles. The van der Waals surface area contributed by atoms with Crippen molar-refractivity contribution >= 4 is 25.5 Å². The van der Waals surface area contributed by atoms with Gasteiger partial charge >= 0.3 is 0 Å². The van der Waals surface area contributed by atoms with E-state index < -0.39 is 9.05 Å². The molecular weight excluding hydrogens is 248 g/mol. The predicted octanol–water partition coefficient (Wildman–Crippen LogP) is 2.44. The number of ketones is 1. The third kappa shape index (κ3) is 3.94. The van der Waals surface area contributed by atoms with E-state index in [9.17, 15) is 13.2 Å². The van der Waals surface area contributed by atoms with E-state index in [2.05, 4.69) is 0 Å². The van der Waals surface area contributed by atoms with Crippen LogP contribution in [0.25, 0.3) is 0 Å². The molecule has 5 heteroatoms. The molecule has 0 spiro atoms. The van der Waals surface area contributed by atoms with Crippen molar-refractivity contribution < 1.29 is 13.2 Å². The fourth-order valence-corrected chi connectivity index (χ4v) is 1.93. The minimum Gasteiger partial charge on any atom is -0.294 e. The summed E-state index contributed by atoms with van der Waals surface area (Å²) >= 11 is 0. The Kier molecular flexibility index (Phi) is 4.10. The molecule has 1 aromatic rings. The van der Waals surface area contributed by atoms with Crippen molar-refractivity contribution in [1.82, 2.24) is 0 Å². The average Bonchev–Trinajstić information content (AvgIpc) is 2.17. The third-order valence-corrected chi connectivity index (χ3v) is 3.56. The van der Waals surface area contributed by atoms with Gasteiger partial charge < -0.3 is 0 Å². The first kappa shape index (κ1) is 13.2. The summed E-state index contributed by atoms with van der Waals surface area (Å²) in [6, 6.07) is 5.31. The fraction of sp³-hybridized carbons (Fsp3) is 0.364. The smallest absolute Gasteiger partial charge is 0.233 e. The molecule has 0 amide bonds. The average molecular weight is 261 g/mol. The topological polar surface area (TPSA) is 51.2 Å². The molecule has 1 aromatic carbocycles. The maximum absolute atomic E-state index is 11.6. The molecule has 0 saturated heterocycles. The molecule has 0 heterocycles. The van der Waals surface area contributed by atoms with Crippen LogP contribution in [0, 0.1) is 13.8 Å². The van der Waals surface area contributed by atoms with Crippen molar-refractivity contribution in [2.45, 2.75) is 20.3 Å². The highest BCUT2D eigenvalue weighted by Gasteiger charge is 2.12. The Bertz CT molecular complexity index is 506. The highest BCUT2D eigenvalue weighted by molar-refractivity contribution is 8.13. The minimum atomic E-state index is -3.59. The molecule has 0 atom stereocenters. The molecule has 88 valence electrons. The van der Waals surface area contributed by atoms with Gasteiger partial charge in [0.15, 0.2) is 5.78 Å². The first-order valence-corrected chi connectivity index (χ1v) is 7.30. The van der Waals surface area contributed by atoms with Gasteiger partial charge in [-0.25, -0.2) is 8.42 Å². The van der Waals surface area contributed by atoms with Crippen molar-refractivity contribution in [2.75, 3.05) is 5.75 Å². The number of halogens is 1. The van der Waals surface area contributed by atoms with Gasteiger partial charge in [0.2, 0.25) is 9.05 Å². The van der Waals surface area contributed by atoms with Crippen molar-refractivity contribution in [3.63, 3.8) is 0 Å². The summed E-state index contributed by atoms with van der Waals surface area (Å²) in [5, 5.41) is 0. The van der Waals surface area contributed by atoms with E-state index in [1.54, 1.807) is 12.1 Å².